The highest BCUT2D eigenvalue weighted by molar-refractivity contribution is 6.31. The first kappa shape index (κ1) is 21.0. The van der Waals surface area contributed by atoms with Gasteiger partial charge in [0, 0.05) is 27.0 Å². The van der Waals surface area contributed by atoms with Crippen LogP contribution in [0.4, 0.5) is 0 Å². The number of carbonyl (C=O) groups is 1. The molecule has 3 aromatic rings. The Morgan fingerprint density at radius 3 is 2.48 bits per heavy atom. The molecule has 3 rings (SSSR count). The van der Waals surface area contributed by atoms with E-state index in [4.69, 9.17) is 27.9 Å². The molecule has 1 N–H and O–H groups in total. The van der Waals surface area contributed by atoms with E-state index < -0.39 is 0 Å². The lowest BCUT2D eigenvalue weighted by molar-refractivity contribution is -0.120. The molecule has 150 valence electrons. The summed E-state index contributed by atoms with van der Waals surface area (Å²) in [4.78, 5) is 12.1. The number of nitrogens with one attached hydrogen (secondary N) is 1. The molecule has 2 aromatic carbocycles. The van der Waals surface area contributed by atoms with Crippen LogP contribution >= 0.6 is 23.2 Å². The number of ether oxygens (including phenoxy) is 1. The van der Waals surface area contributed by atoms with Crippen molar-refractivity contribution in [2.75, 3.05) is 7.11 Å². The minimum absolute atomic E-state index is 0.200. The van der Waals surface area contributed by atoms with Gasteiger partial charge in [-0.1, -0.05) is 35.3 Å². The Balaban J connectivity index is 1.76. The molecule has 0 saturated heterocycles. The highest BCUT2D eigenvalue weighted by Crippen LogP contribution is 2.30. The molecular formula is C22H21Cl2N3O2. The van der Waals surface area contributed by atoms with Crippen molar-refractivity contribution >= 4 is 35.3 Å². The van der Waals surface area contributed by atoms with Gasteiger partial charge in [0.1, 0.15) is 5.75 Å². The second kappa shape index (κ2) is 9.16. The van der Waals surface area contributed by atoms with Crippen molar-refractivity contribution in [1.82, 2.24) is 9.99 Å². The Kier molecular flexibility index (Phi) is 6.62. The van der Waals surface area contributed by atoms with Crippen molar-refractivity contribution in [2.45, 2.75) is 20.3 Å². The molecule has 0 saturated carbocycles. The normalized spacial score (nSPS) is 11.1. The van der Waals surface area contributed by atoms with Crippen LogP contribution in [0.15, 0.2) is 53.6 Å². The SMILES string of the molecule is COc1ccc(Cl)cc1-n1c(C)cc(/C=N\NC(=O)Cc2ccc(Cl)cc2)c1C. The van der Waals surface area contributed by atoms with Gasteiger partial charge in [-0.3, -0.25) is 4.79 Å². The molecule has 0 fully saturated rings. The standard InChI is InChI=1S/C22H21Cl2N3O2/c1-14-10-17(13-25-26-22(28)11-16-4-6-18(23)7-5-16)15(2)27(14)20-12-19(24)8-9-21(20)29-3/h4-10,12-13H,11H2,1-3H3,(H,26,28)/b25-13-. The lowest BCUT2D eigenvalue weighted by atomic mass is 10.1. The van der Waals surface area contributed by atoms with Gasteiger partial charge in [0.2, 0.25) is 5.91 Å². The third-order valence-corrected chi connectivity index (χ3v) is 5.01. The molecule has 1 aromatic heterocycles. The molecule has 0 spiro atoms. The molecule has 1 amide bonds. The largest absolute Gasteiger partial charge is 0.495 e. The minimum atomic E-state index is -0.200. The molecule has 1 heterocycles. The maximum atomic E-state index is 12.1. The smallest absolute Gasteiger partial charge is 0.244 e. The number of hydrazone groups is 1. The van der Waals surface area contributed by atoms with E-state index in [9.17, 15) is 4.79 Å². The van der Waals surface area contributed by atoms with E-state index in [-0.39, 0.29) is 12.3 Å². The number of aromatic nitrogens is 1. The average Bonchev–Trinajstić information content (AvgIpc) is 2.97. The van der Waals surface area contributed by atoms with Gasteiger partial charge in [-0.25, -0.2) is 5.43 Å². The number of methoxy groups -OCH3 is 1. The van der Waals surface area contributed by atoms with E-state index in [1.165, 1.54) is 0 Å². The number of carbonyl (C=O) groups excluding carboxylic acids is 1. The van der Waals surface area contributed by atoms with Gasteiger partial charge in [-0.05, 0) is 55.8 Å². The predicted molar refractivity (Wildman–Crippen MR) is 118 cm³/mol. The number of aryl methyl sites for hydroxylation is 1. The second-order valence-electron chi connectivity index (χ2n) is 6.57. The van der Waals surface area contributed by atoms with Crippen molar-refractivity contribution in [2.24, 2.45) is 5.10 Å². The first-order valence-corrected chi connectivity index (χ1v) is 9.74. The second-order valence-corrected chi connectivity index (χ2v) is 7.45. The average molecular weight is 430 g/mol. The number of hydrogen-bond donors (Lipinski definition) is 1. The highest BCUT2D eigenvalue weighted by atomic mass is 35.5. The molecular weight excluding hydrogens is 409 g/mol. The van der Waals surface area contributed by atoms with Gasteiger partial charge in [0.15, 0.2) is 0 Å². The monoisotopic (exact) mass is 429 g/mol. The summed E-state index contributed by atoms with van der Waals surface area (Å²) in [5.74, 6) is 0.518. The van der Waals surface area contributed by atoms with Gasteiger partial charge >= 0.3 is 0 Å². The molecule has 5 nitrogen and oxygen atoms in total. The summed E-state index contributed by atoms with van der Waals surface area (Å²) < 4.78 is 7.52. The van der Waals surface area contributed by atoms with E-state index in [0.29, 0.717) is 10.0 Å². The lowest BCUT2D eigenvalue weighted by Gasteiger charge is -2.14. The fourth-order valence-electron chi connectivity index (χ4n) is 3.13. The zero-order valence-corrected chi connectivity index (χ0v) is 17.9. The lowest BCUT2D eigenvalue weighted by Crippen LogP contribution is -2.19. The number of rotatable bonds is 6. The molecule has 0 aliphatic rings. The van der Waals surface area contributed by atoms with E-state index in [1.54, 1.807) is 31.5 Å². The van der Waals surface area contributed by atoms with Crippen LogP contribution in [0.25, 0.3) is 5.69 Å². The van der Waals surface area contributed by atoms with Crippen molar-refractivity contribution in [1.29, 1.82) is 0 Å². The molecule has 0 bridgehead atoms. The van der Waals surface area contributed by atoms with Gasteiger partial charge < -0.3 is 9.30 Å². The van der Waals surface area contributed by atoms with E-state index in [0.717, 1.165) is 34.0 Å². The van der Waals surface area contributed by atoms with E-state index in [1.807, 2.05) is 48.7 Å². The Morgan fingerprint density at radius 1 is 1.10 bits per heavy atom. The number of benzene rings is 2. The molecule has 0 radical (unpaired) electrons. The van der Waals surface area contributed by atoms with Crippen LogP contribution in [0.1, 0.15) is 22.5 Å². The number of amides is 1. The summed E-state index contributed by atoms with van der Waals surface area (Å²) in [6.07, 6.45) is 1.86. The van der Waals surface area contributed by atoms with Crippen LogP contribution in [0.5, 0.6) is 5.75 Å². The molecule has 0 unspecified atom stereocenters. The van der Waals surface area contributed by atoms with Crippen LogP contribution in [-0.4, -0.2) is 23.8 Å². The predicted octanol–water partition coefficient (Wildman–Crippen LogP) is 5.10. The first-order valence-electron chi connectivity index (χ1n) is 8.98. The van der Waals surface area contributed by atoms with Crippen molar-refractivity contribution in [3.8, 4) is 11.4 Å². The fourth-order valence-corrected chi connectivity index (χ4v) is 3.42. The molecule has 29 heavy (non-hydrogen) atoms. The third-order valence-electron chi connectivity index (χ3n) is 4.52. The van der Waals surface area contributed by atoms with Crippen molar-refractivity contribution in [3.63, 3.8) is 0 Å². The van der Waals surface area contributed by atoms with Crippen molar-refractivity contribution < 1.29 is 9.53 Å². The summed E-state index contributed by atoms with van der Waals surface area (Å²) in [5.41, 5.74) is 7.12. The zero-order chi connectivity index (χ0) is 21.0. The maximum Gasteiger partial charge on any atom is 0.244 e. The van der Waals surface area contributed by atoms with Crippen LogP contribution in [0.3, 0.4) is 0 Å². The van der Waals surface area contributed by atoms with Gasteiger partial charge in [0.25, 0.3) is 0 Å². The topological polar surface area (TPSA) is 55.6 Å². The summed E-state index contributed by atoms with van der Waals surface area (Å²) in [6.45, 7) is 3.97. The summed E-state index contributed by atoms with van der Waals surface area (Å²) in [5, 5.41) is 5.36. The van der Waals surface area contributed by atoms with Crippen LogP contribution in [-0.2, 0) is 11.2 Å². The van der Waals surface area contributed by atoms with Crippen LogP contribution < -0.4 is 10.2 Å². The molecule has 0 aliphatic carbocycles. The highest BCUT2D eigenvalue weighted by Gasteiger charge is 2.14. The van der Waals surface area contributed by atoms with Crippen LogP contribution in [0, 0.1) is 13.8 Å². The van der Waals surface area contributed by atoms with Crippen LogP contribution in [0.2, 0.25) is 10.0 Å². The number of halogens is 2. The summed E-state index contributed by atoms with van der Waals surface area (Å²) >= 11 is 12.0. The van der Waals surface area contributed by atoms with E-state index >= 15 is 0 Å². The first-order chi connectivity index (χ1) is 13.9. The van der Waals surface area contributed by atoms with Crippen molar-refractivity contribution in [3.05, 3.63) is 81.1 Å². The van der Waals surface area contributed by atoms with Gasteiger partial charge in [0.05, 0.1) is 25.4 Å². The summed E-state index contributed by atoms with van der Waals surface area (Å²) in [6, 6.07) is 14.6. The van der Waals surface area contributed by atoms with Gasteiger partial charge in [-0.2, -0.15) is 5.10 Å². The Morgan fingerprint density at radius 2 is 1.79 bits per heavy atom. The number of nitrogens with zero attached hydrogens (tertiary/aromatic N) is 2. The molecule has 0 aliphatic heterocycles. The van der Waals surface area contributed by atoms with E-state index in [2.05, 4.69) is 10.5 Å². The fraction of sp³-hybridized carbons (Fsp3) is 0.182. The molecule has 0 atom stereocenters. The Bertz CT molecular complexity index is 1060. The van der Waals surface area contributed by atoms with Gasteiger partial charge in [-0.15, -0.1) is 0 Å². The minimum Gasteiger partial charge on any atom is -0.495 e. The Hall–Kier alpha value is -2.76. The number of hydrogen-bond acceptors (Lipinski definition) is 3. The third kappa shape index (κ3) is 5.00. The quantitative estimate of drug-likeness (QED) is 0.437. The molecule has 7 heteroatoms. The Labute approximate surface area is 179 Å². The zero-order valence-electron chi connectivity index (χ0n) is 16.4. The maximum absolute atomic E-state index is 12.1. The summed E-state index contributed by atoms with van der Waals surface area (Å²) in [7, 11) is 1.62.